The van der Waals surface area contributed by atoms with Gasteiger partial charge in [-0.05, 0) is 30.3 Å². The summed E-state index contributed by atoms with van der Waals surface area (Å²) >= 11 is 0. The van der Waals surface area contributed by atoms with E-state index in [1.165, 1.54) is 0 Å². The minimum Gasteiger partial charge on any atom is -0.541 e. The second-order valence-corrected chi connectivity index (χ2v) is 12.4. The molecule has 6 nitrogen and oxygen atoms in total. The Morgan fingerprint density at radius 3 is 2.58 bits per heavy atom. The zero-order chi connectivity index (χ0) is 17.7. The van der Waals surface area contributed by atoms with Gasteiger partial charge in [0.05, 0.1) is 11.7 Å². The molecule has 3 aromatic rings. The van der Waals surface area contributed by atoms with E-state index in [0.29, 0.717) is 5.82 Å². The fourth-order valence-corrected chi connectivity index (χ4v) is 3.42. The highest BCUT2D eigenvalue weighted by Crippen LogP contribution is 2.40. The second-order valence-electron chi connectivity index (χ2n) is 7.70. The van der Waals surface area contributed by atoms with Gasteiger partial charge in [-0.25, -0.2) is 4.52 Å². The molecule has 0 bridgehead atoms. The quantitative estimate of drug-likeness (QED) is 0.736. The average Bonchev–Trinajstić information content (AvgIpc) is 2.98. The molecule has 0 aromatic carbocycles. The van der Waals surface area contributed by atoms with Crippen molar-refractivity contribution in [1.82, 2.24) is 19.4 Å². The van der Waals surface area contributed by atoms with Gasteiger partial charge in [0.1, 0.15) is 11.5 Å². The van der Waals surface area contributed by atoms with Crippen molar-refractivity contribution >= 4 is 19.7 Å². The first-order valence-electron chi connectivity index (χ1n) is 8.05. The minimum absolute atomic E-state index is 0.129. The standard InChI is InChI=1S/C17H25N5OSi/c1-17(2,3)24(5,6)23-14-11-19-21(4)16(14)12-7-8-22-13(9-12)10-15(18)20-22/h7-11H,1-6H3,(H2,18,20). The Kier molecular flexibility index (Phi) is 3.71. The van der Waals surface area contributed by atoms with Gasteiger partial charge in [-0.15, -0.1) is 0 Å². The van der Waals surface area contributed by atoms with Crippen molar-refractivity contribution in [3.63, 3.8) is 0 Å². The van der Waals surface area contributed by atoms with Crippen molar-refractivity contribution in [2.75, 3.05) is 5.73 Å². The Morgan fingerprint density at radius 2 is 1.92 bits per heavy atom. The highest BCUT2D eigenvalue weighted by atomic mass is 28.4. The number of nitrogens with two attached hydrogens (primary N) is 1. The van der Waals surface area contributed by atoms with E-state index in [2.05, 4.69) is 50.1 Å². The number of aromatic nitrogens is 4. The molecule has 0 spiro atoms. The van der Waals surface area contributed by atoms with Gasteiger partial charge in [0.25, 0.3) is 8.32 Å². The molecule has 0 fully saturated rings. The normalized spacial score (nSPS) is 12.8. The molecule has 0 saturated carbocycles. The van der Waals surface area contributed by atoms with Gasteiger partial charge in [-0.3, -0.25) is 4.68 Å². The van der Waals surface area contributed by atoms with Crippen LogP contribution in [-0.4, -0.2) is 27.7 Å². The molecule has 3 rings (SSSR count). The van der Waals surface area contributed by atoms with Gasteiger partial charge < -0.3 is 10.2 Å². The van der Waals surface area contributed by atoms with Crippen molar-refractivity contribution in [1.29, 1.82) is 0 Å². The smallest absolute Gasteiger partial charge is 0.250 e. The van der Waals surface area contributed by atoms with Crippen LogP contribution in [0.4, 0.5) is 5.82 Å². The largest absolute Gasteiger partial charge is 0.541 e. The molecule has 0 saturated heterocycles. The van der Waals surface area contributed by atoms with E-state index in [0.717, 1.165) is 22.5 Å². The number of anilines is 1. The molecule has 7 heteroatoms. The van der Waals surface area contributed by atoms with Crippen molar-refractivity contribution in [2.24, 2.45) is 7.05 Å². The molecule has 128 valence electrons. The van der Waals surface area contributed by atoms with Gasteiger partial charge >= 0.3 is 0 Å². The molecule has 0 aliphatic heterocycles. The van der Waals surface area contributed by atoms with Gasteiger partial charge in [0.2, 0.25) is 0 Å². The maximum absolute atomic E-state index is 6.50. The van der Waals surface area contributed by atoms with Crippen LogP contribution >= 0.6 is 0 Å². The molecule has 0 aliphatic carbocycles. The van der Waals surface area contributed by atoms with Crippen LogP contribution in [0.2, 0.25) is 18.1 Å². The highest BCUT2D eigenvalue weighted by Gasteiger charge is 2.39. The Balaban J connectivity index is 2.06. The van der Waals surface area contributed by atoms with Gasteiger partial charge in [-0.1, -0.05) is 20.8 Å². The van der Waals surface area contributed by atoms with Crippen LogP contribution in [0.15, 0.2) is 30.6 Å². The van der Waals surface area contributed by atoms with Crippen LogP contribution in [0.25, 0.3) is 16.8 Å². The third kappa shape index (κ3) is 2.79. The first-order chi connectivity index (χ1) is 11.1. The first kappa shape index (κ1) is 16.6. The molecule has 0 radical (unpaired) electrons. The maximum atomic E-state index is 6.50. The number of nitrogens with zero attached hydrogens (tertiary/aromatic N) is 4. The van der Waals surface area contributed by atoms with Crippen LogP contribution in [0, 0.1) is 0 Å². The molecular weight excluding hydrogens is 318 g/mol. The molecule has 0 atom stereocenters. The number of nitrogen functional groups attached to an aromatic ring is 1. The van der Waals surface area contributed by atoms with Crippen LogP contribution in [0.1, 0.15) is 20.8 Å². The van der Waals surface area contributed by atoms with Crippen molar-refractivity contribution in [3.8, 4) is 17.0 Å². The van der Waals surface area contributed by atoms with Gasteiger partial charge in [0, 0.05) is 24.9 Å². The summed E-state index contributed by atoms with van der Waals surface area (Å²) in [6.07, 6.45) is 3.72. The summed E-state index contributed by atoms with van der Waals surface area (Å²) in [5.74, 6) is 1.34. The molecule has 24 heavy (non-hydrogen) atoms. The Bertz CT molecular complexity index is 888. The molecule has 0 unspecified atom stereocenters. The van der Waals surface area contributed by atoms with Crippen LogP contribution in [-0.2, 0) is 7.05 Å². The van der Waals surface area contributed by atoms with E-state index in [1.54, 1.807) is 4.52 Å². The lowest BCUT2D eigenvalue weighted by molar-refractivity contribution is 0.493. The summed E-state index contributed by atoms with van der Waals surface area (Å²) in [5, 5.41) is 8.76. The monoisotopic (exact) mass is 343 g/mol. The zero-order valence-electron chi connectivity index (χ0n) is 15.2. The van der Waals surface area contributed by atoms with Crippen LogP contribution in [0.5, 0.6) is 5.75 Å². The Morgan fingerprint density at radius 1 is 1.21 bits per heavy atom. The Hall–Kier alpha value is -2.28. The SMILES string of the molecule is Cn1ncc(O[Si](C)(C)C(C)(C)C)c1-c1ccn2nc(N)cc2c1. The van der Waals surface area contributed by atoms with Crippen LogP contribution in [0.3, 0.4) is 0 Å². The fraction of sp³-hybridized carbons (Fsp3) is 0.412. The molecule has 3 heterocycles. The lowest BCUT2D eigenvalue weighted by Crippen LogP contribution is -2.43. The molecular formula is C17H25N5OSi. The third-order valence-electron chi connectivity index (χ3n) is 4.83. The first-order valence-corrected chi connectivity index (χ1v) is 11.0. The molecule has 0 amide bonds. The third-order valence-corrected chi connectivity index (χ3v) is 9.17. The average molecular weight is 344 g/mol. The summed E-state index contributed by atoms with van der Waals surface area (Å²) in [6.45, 7) is 11.2. The summed E-state index contributed by atoms with van der Waals surface area (Å²) in [6, 6.07) is 5.92. The molecule has 2 N–H and O–H groups in total. The van der Waals surface area contributed by atoms with E-state index in [4.69, 9.17) is 10.2 Å². The topological polar surface area (TPSA) is 70.4 Å². The van der Waals surface area contributed by atoms with E-state index in [-0.39, 0.29) is 5.04 Å². The number of aryl methyl sites for hydroxylation is 1. The predicted octanol–water partition coefficient (Wildman–Crippen LogP) is 3.70. The zero-order valence-corrected chi connectivity index (χ0v) is 16.2. The summed E-state index contributed by atoms with van der Waals surface area (Å²) in [7, 11) is -0.00380. The van der Waals surface area contributed by atoms with Gasteiger partial charge in [0.15, 0.2) is 5.75 Å². The minimum atomic E-state index is -1.94. The number of hydrogen-bond acceptors (Lipinski definition) is 4. The predicted molar refractivity (Wildman–Crippen MR) is 99.6 cm³/mol. The second kappa shape index (κ2) is 5.37. The number of fused-ring (bicyclic) bond motifs is 1. The molecule has 3 aromatic heterocycles. The van der Waals surface area contributed by atoms with E-state index < -0.39 is 8.32 Å². The Labute approximate surface area is 143 Å². The maximum Gasteiger partial charge on any atom is 0.250 e. The van der Waals surface area contributed by atoms with E-state index in [1.807, 2.05) is 36.3 Å². The van der Waals surface area contributed by atoms with Crippen molar-refractivity contribution in [2.45, 2.75) is 38.9 Å². The lowest BCUT2D eigenvalue weighted by atomic mass is 10.1. The number of pyridine rings is 1. The number of hydrogen-bond donors (Lipinski definition) is 1. The van der Waals surface area contributed by atoms with Crippen LogP contribution < -0.4 is 10.2 Å². The summed E-state index contributed by atoms with van der Waals surface area (Å²) < 4.78 is 10.1. The molecule has 0 aliphatic rings. The highest BCUT2D eigenvalue weighted by molar-refractivity contribution is 6.74. The number of rotatable bonds is 3. The van der Waals surface area contributed by atoms with E-state index in [9.17, 15) is 0 Å². The van der Waals surface area contributed by atoms with Gasteiger partial charge in [-0.2, -0.15) is 10.2 Å². The summed E-state index contributed by atoms with van der Waals surface area (Å²) in [5.41, 5.74) is 8.74. The summed E-state index contributed by atoms with van der Waals surface area (Å²) in [4.78, 5) is 0. The van der Waals surface area contributed by atoms with E-state index >= 15 is 0 Å². The fourth-order valence-electron chi connectivity index (χ4n) is 2.41. The lowest BCUT2D eigenvalue weighted by Gasteiger charge is -2.36. The van der Waals surface area contributed by atoms with Crippen molar-refractivity contribution in [3.05, 3.63) is 30.6 Å². The van der Waals surface area contributed by atoms with Crippen molar-refractivity contribution < 1.29 is 4.43 Å².